The van der Waals surface area contributed by atoms with Gasteiger partial charge in [-0.3, -0.25) is 14.4 Å². The van der Waals surface area contributed by atoms with E-state index in [0.717, 1.165) is 33.3 Å². The van der Waals surface area contributed by atoms with Crippen molar-refractivity contribution in [2.75, 3.05) is 33.3 Å². The van der Waals surface area contributed by atoms with E-state index in [1.54, 1.807) is 37.4 Å². The molecule has 0 aliphatic carbocycles. The lowest BCUT2D eigenvalue weighted by Gasteiger charge is -2.40. The van der Waals surface area contributed by atoms with E-state index in [0.29, 0.717) is 45.9 Å². The summed E-state index contributed by atoms with van der Waals surface area (Å²) in [6.45, 7) is 0.767. The highest BCUT2D eigenvalue weighted by Crippen LogP contribution is 2.26. The van der Waals surface area contributed by atoms with Crippen LogP contribution in [-0.4, -0.2) is 71.8 Å². The van der Waals surface area contributed by atoms with Crippen LogP contribution in [0.25, 0.3) is 10.9 Å². The average Bonchev–Trinajstić information content (AvgIpc) is 3.41. The van der Waals surface area contributed by atoms with Crippen LogP contribution in [0.15, 0.2) is 60.8 Å². The molecule has 1 atom stereocenters. The number of nitrogens with zero attached hydrogens (tertiary/aromatic N) is 2. The first-order chi connectivity index (χ1) is 21.6. The third kappa shape index (κ3) is 8.05. The highest BCUT2D eigenvalue weighted by molar-refractivity contribution is 6.35. The van der Waals surface area contributed by atoms with Crippen LogP contribution in [0.4, 0.5) is 0 Å². The average molecular weight is 690 g/mol. The van der Waals surface area contributed by atoms with Crippen molar-refractivity contribution in [1.82, 2.24) is 20.1 Å². The summed E-state index contributed by atoms with van der Waals surface area (Å²) in [5, 5.41) is 5.91. The van der Waals surface area contributed by atoms with E-state index in [4.69, 9.17) is 51.1 Å². The number of hydrogen-bond acceptors (Lipinski definition) is 4. The summed E-state index contributed by atoms with van der Waals surface area (Å²) in [5.41, 5.74) is 3.57. The molecule has 8 nitrogen and oxygen atoms in total. The first-order valence-electron chi connectivity index (χ1n) is 14.5. The number of carbonyl (C=O) groups is 3. The molecule has 2 N–H and O–H groups in total. The number of amides is 3. The molecule has 12 heteroatoms. The number of rotatable bonds is 12. The van der Waals surface area contributed by atoms with Gasteiger partial charge in [0.15, 0.2) is 0 Å². The maximum Gasteiger partial charge on any atom is 0.246 e. The molecule has 0 saturated carbocycles. The number of nitrogens with one attached hydrogen (secondary N) is 2. The highest BCUT2D eigenvalue weighted by Gasteiger charge is 2.40. The number of piperazine rings is 1. The van der Waals surface area contributed by atoms with Gasteiger partial charge in [-0.1, -0.05) is 58.5 Å². The van der Waals surface area contributed by atoms with Crippen molar-refractivity contribution in [3.63, 3.8) is 0 Å². The second kappa shape index (κ2) is 14.8. The van der Waals surface area contributed by atoms with Gasteiger partial charge in [0.1, 0.15) is 11.8 Å². The lowest BCUT2D eigenvalue weighted by molar-refractivity contribution is -0.157. The molecule has 5 rings (SSSR count). The molecule has 2 heterocycles. The van der Waals surface area contributed by atoms with Gasteiger partial charge in [0.25, 0.3) is 0 Å². The number of methoxy groups -OCH3 is 1. The van der Waals surface area contributed by atoms with Gasteiger partial charge in [0.05, 0.1) is 20.1 Å². The van der Waals surface area contributed by atoms with Gasteiger partial charge in [-0.2, -0.15) is 0 Å². The summed E-state index contributed by atoms with van der Waals surface area (Å²) in [6, 6.07) is 15.2. The normalized spacial score (nSPS) is 15.2. The van der Waals surface area contributed by atoms with Gasteiger partial charge >= 0.3 is 0 Å². The van der Waals surface area contributed by atoms with Crippen LogP contribution in [0.5, 0.6) is 5.75 Å². The maximum absolute atomic E-state index is 13.9. The van der Waals surface area contributed by atoms with Crippen LogP contribution >= 0.6 is 46.4 Å². The molecule has 1 saturated heterocycles. The second-order valence-corrected chi connectivity index (χ2v) is 12.6. The predicted octanol–water partition coefficient (Wildman–Crippen LogP) is 6.36. The van der Waals surface area contributed by atoms with Crippen molar-refractivity contribution in [3.05, 3.63) is 97.6 Å². The SMILES string of the molecule is COc1ccc2[nH]cc(CCN3C(=O)CN(CCc4ccc(Cl)cc4Cl)C(=O)C3CC(=O)NCCc3ccc(Cl)cc3Cl)c2c1. The molecule has 0 spiro atoms. The van der Waals surface area contributed by atoms with E-state index >= 15 is 0 Å². The standard InChI is InChI=1S/C33H32Cl4N4O4/c1-45-25-6-7-29-26(16-25)22(18-39-29)10-13-41-30(17-31(42)38-11-8-20-2-4-23(34)14-27(20)36)33(44)40(19-32(41)43)12-9-21-3-5-24(35)15-28(21)37/h2-7,14-16,18,30,39H,8-13,17,19H2,1H3,(H,38,42). The molecule has 0 bridgehead atoms. The quantitative estimate of drug-likeness (QED) is 0.181. The summed E-state index contributed by atoms with van der Waals surface area (Å²) < 4.78 is 5.38. The monoisotopic (exact) mass is 688 g/mol. The predicted molar refractivity (Wildman–Crippen MR) is 179 cm³/mol. The van der Waals surface area contributed by atoms with E-state index < -0.39 is 6.04 Å². The number of ether oxygens (including phenoxy) is 1. The van der Waals surface area contributed by atoms with Gasteiger partial charge in [-0.05, 0) is 78.4 Å². The maximum atomic E-state index is 13.9. The molecule has 1 aromatic heterocycles. The Morgan fingerprint density at radius 3 is 2.22 bits per heavy atom. The summed E-state index contributed by atoms with van der Waals surface area (Å²) in [7, 11) is 1.61. The fraction of sp³-hybridized carbons (Fsp3) is 0.303. The second-order valence-electron chi connectivity index (χ2n) is 10.9. The Morgan fingerprint density at radius 2 is 1.56 bits per heavy atom. The van der Waals surface area contributed by atoms with E-state index in [1.807, 2.05) is 30.5 Å². The largest absolute Gasteiger partial charge is 0.497 e. The van der Waals surface area contributed by atoms with Crippen molar-refractivity contribution < 1.29 is 19.1 Å². The minimum atomic E-state index is -0.953. The summed E-state index contributed by atoms with van der Waals surface area (Å²) in [5.74, 6) is -0.120. The molecule has 4 aromatic rings. The van der Waals surface area contributed by atoms with Crippen molar-refractivity contribution in [1.29, 1.82) is 0 Å². The van der Waals surface area contributed by atoms with Crippen LogP contribution in [0, 0.1) is 0 Å². The van der Waals surface area contributed by atoms with Crippen LogP contribution in [0.3, 0.4) is 0 Å². The third-order valence-electron chi connectivity index (χ3n) is 7.99. The van der Waals surface area contributed by atoms with Crippen molar-refractivity contribution >= 4 is 75.0 Å². The van der Waals surface area contributed by atoms with Crippen LogP contribution in [0.1, 0.15) is 23.1 Å². The van der Waals surface area contributed by atoms with Crippen molar-refractivity contribution in [3.8, 4) is 5.75 Å². The number of aromatic amines is 1. The fourth-order valence-electron chi connectivity index (χ4n) is 5.54. The van der Waals surface area contributed by atoms with Crippen molar-refractivity contribution in [2.24, 2.45) is 0 Å². The number of carbonyl (C=O) groups excluding carboxylic acids is 3. The fourth-order valence-corrected chi connectivity index (χ4v) is 6.54. The van der Waals surface area contributed by atoms with Gasteiger partial charge in [0.2, 0.25) is 17.7 Å². The Bertz CT molecular complexity index is 1730. The molecule has 0 radical (unpaired) electrons. The van der Waals surface area contributed by atoms with Crippen LogP contribution in [0.2, 0.25) is 20.1 Å². The molecule has 3 aromatic carbocycles. The number of aromatic nitrogens is 1. The lowest BCUT2D eigenvalue weighted by Crippen LogP contribution is -2.61. The van der Waals surface area contributed by atoms with E-state index in [2.05, 4.69) is 10.3 Å². The highest BCUT2D eigenvalue weighted by atomic mass is 35.5. The summed E-state index contributed by atoms with van der Waals surface area (Å²) >= 11 is 24.7. The first kappa shape index (κ1) is 32.9. The smallest absolute Gasteiger partial charge is 0.246 e. The minimum absolute atomic E-state index is 0.0844. The van der Waals surface area contributed by atoms with Gasteiger partial charge < -0.3 is 24.8 Å². The number of halogens is 4. The Hall–Kier alpha value is -3.43. The van der Waals surface area contributed by atoms with Gasteiger partial charge in [0, 0.05) is 56.8 Å². The van der Waals surface area contributed by atoms with Crippen molar-refractivity contribution in [2.45, 2.75) is 31.7 Å². The molecule has 3 amide bonds. The Morgan fingerprint density at radius 1 is 0.889 bits per heavy atom. The molecule has 1 unspecified atom stereocenters. The number of hydrogen-bond donors (Lipinski definition) is 2. The Labute approximate surface area is 281 Å². The molecule has 1 aliphatic heterocycles. The Kier molecular flexibility index (Phi) is 10.8. The zero-order valence-electron chi connectivity index (χ0n) is 24.5. The minimum Gasteiger partial charge on any atom is -0.497 e. The van der Waals surface area contributed by atoms with E-state index in [9.17, 15) is 14.4 Å². The van der Waals surface area contributed by atoms with Crippen LogP contribution < -0.4 is 10.1 Å². The van der Waals surface area contributed by atoms with E-state index in [1.165, 1.54) is 9.80 Å². The van der Waals surface area contributed by atoms with Crippen LogP contribution in [-0.2, 0) is 33.6 Å². The molecule has 236 valence electrons. The summed E-state index contributed by atoms with van der Waals surface area (Å²) in [6.07, 6.45) is 3.14. The number of H-pyrrole nitrogens is 1. The zero-order valence-corrected chi connectivity index (χ0v) is 27.6. The summed E-state index contributed by atoms with van der Waals surface area (Å²) in [4.78, 5) is 46.8. The molecule has 1 fully saturated rings. The zero-order chi connectivity index (χ0) is 32.1. The number of benzene rings is 3. The molecule has 1 aliphatic rings. The first-order valence-corrected chi connectivity index (χ1v) is 16.0. The molecule has 45 heavy (non-hydrogen) atoms. The lowest BCUT2D eigenvalue weighted by atomic mass is 10.0. The molecular weight excluding hydrogens is 658 g/mol. The Balaban J connectivity index is 1.30. The third-order valence-corrected chi connectivity index (χ3v) is 9.17. The number of fused-ring (bicyclic) bond motifs is 1. The van der Waals surface area contributed by atoms with E-state index in [-0.39, 0.29) is 43.8 Å². The molecular formula is C33H32Cl4N4O4. The topological polar surface area (TPSA) is 94.7 Å². The van der Waals surface area contributed by atoms with Gasteiger partial charge in [-0.15, -0.1) is 0 Å². The van der Waals surface area contributed by atoms with Gasteiger partial charge in [-0.25, -0.2) is 0 Å².